The van der Waals surface area contributed by atoms with E-state index in [1.54, 1.807) is 13.8 Å². The van der Waals surface area contributed by atoms with Crippen LogP contribution < -0.4 is 16.4 Å². The number of hydrogen-bond donors (Lipinski definition) is 6. The van der Waals surface area contributed by atoms with Crippen LogP contribution in [-0.2, 0) is 20.0 Å². The molecule has 1 aromatic heterocycles. The molecule has 0 aromatic carbocycles. The standard InChI is InChI=1S/C29H45N7O7/c1-27(2,43)21-13-31-34-36(21)18-12-20(24(39)33-29(22(37)23(30)38)15-28(16-29)9-6-10-28)35(14-18)25(40)19(32-26(41)42)11-17-7-4-3-5-8-17/h13,17-20,22,32,37,43H,3-12,14-16H2,1-2H3,(H2,30,38)(H,33,39)(H,41,42)/t18-,19+,20-,22?/m0/s1. The number of nitrogens with zero attached hydrogens (tertiary/aromatic N) is 4. The van der Waals surface area contributed by atoms with Crippen molar-refractivity contribution in [3.63, 3.8) is 0 Å². The van der Waals surface area contributed by atoms with Gasteiger partial charge in [-0.2, -0.15) is 0 Å². The average Bonchev–Trinajstić information content (AvgIpc) is 3.56. The van der Waals surface area contributed by atoms with E-state index in [1.165, 1.54) is 15.8 Å². The van der Waals surface area contributed by atoms with Crippen molar-refractivity contribution in [2.24, 2.45) is 17.1 Å². The molecule has 4 atom stereocenters. The van der Waals surface area contributed by atoms with Crippen LogP contribution in [0.3, 0.4) is 0 Å². The van der Waals surface area contributed by atoms with E-state index in [0.29, 0.717) is 25.0 Å². The molecule has 43 heavy (non-hydrogen) atoms. The Kier molecular flexibility index (Phi) is 8.47. The topological polar surface area (TPSA) is 213 Å². The number of aromatic nitrogens is 3. The molecular weight excluding hydrogens is 558 g/mol. The first-order chi connectivity index (χ1) is 20.2. The number of aliphatic hydroxyl groups is 2. The van der Waals surface area contributed by atoms with E-state index in [4.69, 9.17) is 5.73 Å². The Morgan fingerprint density at radius 2 is 1.81 bits per heavy atom. The number of likely N-dealkylation sites (tertiary alicyclic amines) is 1. The maximum atomic E-state index is 14.1. The quantitative estimate of drug-likeness (QED) is 0.224. The average molecular weight is 604 g/mol. The van der Waals surface area contributed by atoms with Gasteiger partial charge in [-0.3, -0.25) is 14.4 Å². The SMILES string of the molecule is CC(C)(O)c1cnnn1[C@H]1C[C@@H](C(=O)NC2(C(O)C(N)=O)CC3(CCC3)C2)N(C(=O)[C@@H](CC2CCCCC2)NC(=O)O)C1. The third-order valence-electron chi connectivity index (χ3n) is 10.3. The summed E-state index contributed by atoms with van der Waals surface area (Å²) in [6, 6.07) is -2.64. The fourth-order valence-corrected chi connectivity index (χ4v) is 8.03. The van der Waals surface area contributed by atoms with E-state index >= 15 is 0 Å². The summed E-state index contributed by atoms with van der Waals surface area (Å²) < 4.78 is 1.51. The minimum atomic E-state index is -1.59. The zero-order chi connectivity index (χ0) is 31.2. The van der Waals surface area contributed by atoms with Crippen molar-refractivity contribution < 1.29 is 34.5 Å². The maximum absolute atomic E-state index is 14.1. The number of carbonyl (C=O) groups is 4. The molecule has 1 unspecified atom stereocenters. The number of aliphatic hydroxyl groups excluding tert-OH is 1. The maximum Gasteiger partial charge on any atom is 0.405 e. The molecule has 5 rings (SSSR count). The van der Waals surface area contributed by atoms with Gasteiger partial charge in [0.05, 0.1) is 23.5 Å². The Bertz CT molecular complexity index is 1230. The summed E-state index contributed by atoms with van der Waals surface area (Å²) in [4.78, 5) is 53.4. The Morgan fingerprint density at radius 1 is 1.14 bits per heavy atom. The first-order valence-corrected chi connectivity index (χ1v) is 15.5. The highest BCUT2D eigenvalue weighted by Crippen LogP contribution is 2.61. The Balaban J connectivity index is 1.43. The van der Waals surface area contributed by atoms with Crippen molar-refractivity contribution in [1.82, 2.24) is 30.5 Å². The van der Waals surface area contributed by atoms with Crippen LogP contribution in [0.4, 0.5) is 4.79 Å². The molecule has 1 aliphatic heterocycles. The van der Waals surface area contributed by atoms with E-state index in [-0.39, 0.29) is 24.3 Å². The van der Waals surface area contributed by atoms with Crippen LogP contribution in [0.5, 0.6) is 0 Å². The second-order valence-corrected chi connectivity index (χ2v) is 13.9. The molecule has 4 amide bonds. The predicted molar refractivity (Wildman–Crippen MR) is 152 cm³/mol. The summed E-state index contributed by atoms with van der Waals surface area (Å²) in [5.41, 5.74) is 3.33. The van der Waals surface area contributed by atoms with E-state index in [0.717, 1.165) is 51.4 Å². The molecule has 3 aliphatic carbocycles. The van der Waals surface area contributed by atoms with Crippen molar-refractivity contribution in [1.29, 1.82) is 0 Å². The zero-order valence-corrected chi connectivity index (χ0v) is 25.0. The summed E-state index contributed by atoms with van der Waals surface area (Å²) in [7, 11) is 0. The van der Waals surface area contributed by atoms with Crippen LogP contribution in [0.2, 0.25) is 0 Å². The van der Waals surface area contributed by atoms with Gasteiger partial charge in [0.1, 0.15) is 17.7 Å². The molecule has 238 valence electrons. The van der Waals surface area contributed by atoms with E-state index in [2.05, 4.69) is 20.9 Å². The molecule has 4 fully saturated rings. The normalized spacial score (nSPS) is 26.2. The molecule has 3 saturated carbocycles. The number of nitrogens with one attached hydrogen (secondary N) is 2. The van der Waals surface area contributed by atoms with Gasteiger partial charge in [0, 0.05) is 13.0 Å². The Labute approximate surface area is 250 Å². The second kappa shape index (κ2) is 11.7. The lowest BCUT2D eigenvalue weighted by Crippen LogP contribution is -2.73. The lowest BCUT2D eigenvalue weighted by Gasteiger charge is -2.62. The first-order valence-electron chi connectivity index (χ1n) is 15.5. The number of amides is 4. The van der Waals surface area contributed by atoms with Crippen molar-refractivity contribution >= 4 is 23.8 Å². The summed E-state index contributed by atoms with van der Waals surface area (Å²) in [6.07, 6.45) is 7.68. The summed E-state index contributed by atoms with van der Waals surface area (Å²) >= 11 is 0. The lowest BCUT2D eigenvalue weighted by molar-refractivity contribution is -0.158. The summed E-state index contributed by atoms with van der Waals surface area (Å²) in [5.74, 6) is -1.82. The first kappa shape index (κ1) is 31.2. The van der Waals surface area contributed by atoms with Gasteiger partial charge in [-0.15, -0.1) is 5.10 Å². The summed E-state index contributed by atoms with van der Waals surface area (Å²) in [5, 5.41) is 44.6. The predicted octanol–water partition coefficient (Wildman–Crippen LogP) is 0.919. The molecule has 14 nitrogen and oxygen atoms in total. The highest BCUT2D eigenvalue weighted by atomic mass is 16.4. The third kappa shape index (κ3) is 6.21. The van der Waals surface area contributed by atoms with E-state index < -0.39 is 59.2 Å². The van der Waals surface area contributed by atoms with Crippen LogP contribution in [0.1, 0.15) is 103 Å². The van der Waals surface area contributed by atoms with E-state index in [1.807, 2.05) is 0 Å². The van der Waals surface area contributed by atoms with Gasteiger partial charge in [0.15, 0.2) is 6.10 Å². The van der Waals surface area contributed by atoms with Crippen LogP contribution in [0, 0.1) is 11.3 Å². The van der Waals surface area contributed by atoms with Crippen molar-refractivity contribution in [3.05, 3.63) is 11.9 Å². The van der Waals surface area contributed by atoms with Gasteiger partial charge in [-0.05, 0) is 57.3 Å². The number of carboxylic acid groups (broad SMARTS) is 1. The molecule has 4 aliphatic rings. The molecule has 0 bridgehead atoms. The van der Waals surface area contributed by atoms with E-state index in [9.17, 15) is 34.5 Å². The van der Waals surface area contributed by atoms with Gasteiger partial charge >= 0.3 is 6.09 Å². The summed E-state index contributed by atoms with van der Waals surface area (Å²) in [6.45, 7) is 3.20. The van der Waals surface area contributed by atoms with Crippen LogP contribution in [-0.4, -0.2) is 89.3 Å². The highest BCUT2D eigenvalue weighted by Gasteiger charge is 2.62. The Hall–Kier alpha value is -3.26. The van der Waals surface area contributed by atoms with Gasteiger partial charge in [-0.1, -0.05) is 43.7 Å². The molecule has 14 heteroatoms. The molecule has 1 spiro atoms. The molecule has 1 saturated heterocycles. The number of primary amides is 1. The van der Waals surface area contributed by atoms with Crippen molar-refractivity contribution in [3.8, 4) is 0 Å². The van der Waals surface area contributed by atoms with Crippen LogP contribution in [0.15, 0.2) is 6.20 Å². The van der Waals surface area contributed by atoms with Crippen molar-refractivity contribution in [2.45, 2.75) is 126 Å². The number of rotatable bonds is 10. The largest absolute Gasteiger partial charge is 0.465 e. The number of carbonyl (C=O) groups excluding carboxylic acids is 3. The number of nitrogens with two attached hydrogens (primary N) is 1. The van der Waals surface area contributed by atoms with Gasteiger partial charge in [0.25, 0.3) is 0 Å². The molecule has 0 radical (unpaired) electrons. The van der Waals surface area contributed by atoms with Crippen molar-refractivity contribution in [2.75, 3.05) is 6.54 Å². The zero-order valence-electron chi connectivity index (χ0n) is 25.0. The molecule has 2 heterocycles. The Morgan fingerprint density at radius 3 is 2.37 bits per heavy atom. The smallest absolute Gasteiger partial charge is 0.405 e. The van der Waals surface area contributed by atoms with Crippen LogP contribution >= 0.6 is 0 Å². The minimum Gasteiger partial charge on any atom is -0.465 e. The van der Waals surface area contributed by atoms with Crippen LogP contribution in [0.25, 0.3) is 0 Å². The number of hydrogen-bond acceptors (Lipinski definition) is 8. The highest BCUT2D eigenvalue weighted by molar-refractivity contribution is 5.93. The monoisotopic (exact) mass is 603 g/mol. The minimum absolute atomic E-state index is 0.0289. The lowest BCUT2D eigenvalue weighted by atomic mass is 9.47. The molecular formula is C29H45N7O7. The fourth-order valence-electron chi connectivity index (χ4n) is 8.03. The van der Waals surface area contributed by atoms with Gasteiger partial charge < -0.3 is 36.6 Å². The third-order valence-corrected chi connectivity index (χ3v) is 10.3. The van der Waals surface area contributed by atoms with Gasteiger partial charge in [0.2, 0.25) is 17.7 Å². The molecule has 1 aromatic rings. The second-order valence-electron chi connectivity index (χ2n) is 13.9. The van der Waals surface area contributed by atoms with Gasteiger partial charge in [-0.25, -0.2) is 9.48 Å². The molecule has 7 N–H and O–H groups in total. The fraction of sp³-hybridized carbons (Fsp3) is 0.793.